The zero-order valence-corrected chi connectivity index (χ0v) is 29.2. The van der Waals surface area contributed by atoms with Crippen molar-refractivity contribution in [2.24, 2.45) is 0 Å². The van der Waals surface area contributed by atoms with Crippen molar-refractivity contribution in [1.82, 2.24) is 34.7 Å². The van der Waals surface area contributed by atoms with Gasteiger partial charge in [0.15, 0.2) is 5.65 Å². The number of piperidine rings is 1. The summed E-state index contributed by atoms with van der Waals surface area (Å²) in [6.45, 7) is 4.08. The molecule has 0 bridgehead atoms. The van der Waals surface area contributed by atoms with Gasteiger partial charge in [-0.2, -0.15) is 5.10 Å². The lowest BCUT2D eigenvalue weighted by Gasteiger charge is -2.35. The van der Waals surface area contributed by atoms with E-state index in [-0.39, 0.29) is 36.9 Å². The van der Waals surface area contributed by atoms with Crippen molar-refractivity contribution in [1.29, 1.82) is 0 Å². The Balaban J connectivity index is 0.877. The van der Waals surface area contributed by atoms with Gasteiger partial charge in [0, 0.05) is 64.0 Å². The molecule has 12 nitrogen and oxygen atoms in total. The van der Waals surface area contributed by atoms with Gasteiger partial charge in [0.1, 0.15) is 35.1 Å². The first kappa shape index (κ1) is 34.0. The van der Waals surface area contributed by atoms with Gasteiger partial charge in [0.05, 0.1) is 29.1 Å². The van der Waals surface area contributed by atoms with Crippen LogP contribution in [0.25, 0.3) is 16.9 Å². The molecule has 5 aromatic rings. The third-order valence-corrected chi connectivity index (χ3v) is 11.0. The first-order chi connectivity index (χ1) is 26.2. The highest BCUT2D eigenvalue weighted by atomic mass is 19.1. The van der Waals surface area contributed by atoms with E-state index in [4.69, 9.17) is 9.97 Å². The van der Waals surface area contributed by atoms with Gasteiger partial charge in [-0.15, -0.1) is 0 Å². The number of carbonyl (C=O) groups excluding carboxylic acids is 3. The molecule has 15 heteroatoms. The molecule has 1 N–H and O–H groups in total. The van der Waals surface area contributed by atoms with Crippen LogP contribution in [0, 0.1) is 17.5 Å². The van der Waals surface area contributed by atoms with Crippen molar-refractivity contribution in [2.45, 2.75) is 50.9 Å². The first-order valence-corrected chi connectivity index (χ1v) is 18.2. The Morgan fingerprint density at radius 1 is 0.815 bits per heavy atom. The molecule has 2 atom stereocenters. The zero-order valence-electron chi connectivity index (χ0n) is 29.2. The summed E-state index contributed by atoms with van der Waals surface area (Å²) in [5.41, 5.74) is 3.68. The molecule has 3 aromatic heterocycles. The van der Waals surface area contributed by atoms with Crippen LogP contribution in [0.15, 0.2) is 67.0 Å². The molecular weight excluding hydrogens is 699 g/mol. The Morgan fingerprint density at radius 3 is 2.50 bits per heavy atom. The quantitative estimate of drug-likeness (QED) is 0.239. The van der Waals surface area contributed by atoms with Crippen LogP contribution in [0.1, 0.15) is 58.8 Å². The van der Waals surface area contributed by atoms with Crippen LogP contribution < -0.4 is 15.1 Å². The molecule has 276 valence electrons. The molecule has 0 radical (unpaired) electrons. The summed E-state index contributed by atoms with van der Waals surface area (Å²) >= 11 is 0. The smallest absolute Gasteiger partial charge is 0.258 e. The van der Waals surface area contributed by atoms with Crippen molar-refractivity contribution >= 4 is 35.0 Å². The van der Waals surface area contributed by atoms with E-state index in [0.717, 1.165) is 29.4 Å². The van der Waals surface area contributed by atoms with Gasteiger partial charge in [-0.3, -0.25) is 24.6 Å². The van der Waals surface area contributed by atoms with Crippen LogP contribution in [0.2, 0.25) is 0 Å². The normalized spacial score (nSPS) is 20.6. The molecule has 4 aliphatic heterocycles. The Morgan fingerprint density at radius 2 is 1.67 bits per heavy atom. The van der Waals surface area contributed by atoms with Crippen molar-refractivity contribution in [2.75, 3.05) is 42.5 Å². The number of nitrogens with one attached hydrogen (secondary N) is 1. The van der Waals surface area contributed by atoms with Gasteiger partial charge < -0.3 is 14.7 Å². The number of amides is 3. The number of aromatic nitrogens is 4. The van der Waals surface area contributed by atoms with Crippen LogP contribution in [0.5, 0.6) is 0 Å². The number of rotatable bonds is 7. The molecule has 4 aliphatic rings. The summed E-state index contributed by atoms with van der Waals surface area (Å²) in [7, 11) is 0. The number of hydrogen-bond acceptors (Lipinski definition) is 9. The average molecular weight is 736 g/mol. The van der Waals surface area contributed by atoms with E-state index in [0.29, 0.717) is 74.0 Å². The Labute approximate surface area is 308 Å². The van der Waals surface area contributed by atoms with Crippen LogP contribution in [0.4, 0.5) is 24.8 Å². The highest BCUT2D eigenvalue weighted by molar-refractivity contribution is 6.05. The number of imide groups is 1. The largest absolute Gasteiger partial charge is 0.354 e. The number of piperazine rings is 1. The van der Waals surface area contributed by atoms with Gasteiger partial charge in [-0.1, -0.05) is 12.1 Å². The maximum absolute atomic E-state index is 15.3. The number of anilines is 2. The van der Waals surface area contributed by atoms with Crippen LogP contribution in [0.3, 0.4) is 0 Å². The summed E-state index contributed by atoms with van der Waals surface area (Å²) in [5, 5.41) is 6.79. The summed E-state index contributed by atoms with van der Waals surface area (Å²) in [6.07, 6.45) is 5.43. The molecule has 3 saturated heterocycles. The van der Waals surface area contributed by atoms with Gasteiger partial charge in [0.25, 0.3) is 5.91 Å². The molecule has 1 unspecified atom stereocenters. The molecule has 54 heavy (non-hydrogen) atoms. The van der Waals surface area contributed by atoms with E-state index >= 15 is 4.39 Å². The number of carbonyl (C=O) groups is 3. The monoisotopic (exact) mass is 735 g/mol. The van der Waals surface area contributed by atoms with E-state index in [1.807, 2.05) is 41.4 Å². The number of hydrogen-bond donors (Lipinski definition) is 1. The summed E-state index contributed by atoms with van der Waals surface area (Å²) in [4.78, 5) is 54.9. The van der Waals surface area contributed by atoms with Crippen molar-refractivity contribution < 1.29 is 27.6 Å². The molecule has 2 aromatic carbocycles. The van der Waals surface area contributed by atoms with Gasteiger partial charge >= 0.3 is 0 Å². The average Bonchev–Trinajstić information content (AvgIpc) is 3.90. The lowest BCUT2D eigenvalue weighted by atomic mass is 10.0. The standard InChI is InChI=1S/C39H36F3N9O3/c40-25-6-7-28(41)26(19-25)31-4-2-11-49(31)34-10-12-51-37(45-34)27(20-43-51)30-3-1-5-33(44-30)48-15-13-47(14-16-48)21-23-17-24-22-50(39(54)36(24)29(42)18-23)32-8-9-35(52)46-38(32)53/h1,3,5-7,10,12,17-20,31-32H,2,4,8-9,11,13-16,21-22H2,(H,46,52,53)/t31-,32?/m1/s1. The fourth-order valence-corrected chi connectivity index (χ4v) is 8.29. The maximum atomic E-state index is 15.3. The van der Waals surface area contributed by atoms with E-state index in [2.05, 4.69) is 20.2 Å². The third-order valence-electron chi connectivity index (χ3n) is 11.0. The van der Waals surface area contributed by atoms with Gasteiger partial charge in [0.2, 0.25) is 11.8 Å². The van der Waals surface area contributed by atoms with Crippen molar-refractivity contribution in [3.63, 3.8) is 0 Å². The second-order valence-corrected chi connectivity index (χ2v) is 14.3. The van der Waals surface area contributed by atoms with Crippen molar-refractivity contribution in [3.05, 3.63) is 107 Å². The Hall–Kier alpha value is -5.83. The first-order valence-electron chi connectivity index (χ1n) is 18.2. The summed E-state index contributed by atoms with van der Waals surface area (Å²) < 4.78 is 45.9. The van der Waals surface area contributed by atoms with Gasteiger partial charge in [-0.25, -0.2) is 27.7 Å². The van der Waals surface area contributed by atoms with Crippen LogP contribution in [-0.2, 0) is 22.7 Å². The highest BCUT2D eigenvalue weighted by Crippen LogP contribution is 2.38. The molecule has 7 heterocycles. The number of benzene rings is 2. The highest BCUT2D eigenvalue weighted by Gasteiger charge is 2.41. The molecular formula is C39H36F3N9O3. The minimum absolute atomic E-state index is 0.00338. The Kier molecular flexibility index (Phi) is 8.52. The SMILES string of the molecule is O=C1CCC(N2Cc3cc(CN4CCN(c5cccc(-c6cnn7ccc(N8CCC[C@@H]8c8cc(F)ccc8F)nc67)n5)CC4)cc(F)c3C2=O)C(=O)N1. The topological polar surface area (TPSA) is 119 Å². The lowest BCUT2D eigenvalue weighted by Crippen LogP contribution is -2.52. The minimum Gasteiger partial charge on any atom is -0.354 e. The molecule has 9 rings (SSSR count). The summed E-state index contributed by atoms with van der Waals surface area (Å²) in [5.74, 6) is -1.46. The number of nitrogens with zero attached hydrogens (tertiary/aromatic N) is 8. The van der Waals surface area contributed by atoms with Gasteiger partial charge in [-0.05, 0) is 72.9 Å². The number of halogens is 3. The number of fused-ring (bicyclic) bond motifs is 2. The summed E-state index contributed by atoms with van der Waals surface area (Å²) in [6, 6.07) is 13.4. The molecule has 0 saturated carbocycles. The number of pyridine rings is 1. The molecule has 0 aliphatic carbocycles. The van der Waals surface area contributed by atoms with Crippen LogP contribution >= 0.6 is 0 Å². The predicted octanol–water partition coefficient (Wildman–Crippen LogP) is 4.63. The predicted molar refractivity (Wildman–Crippen MR) is 192 cm³/mol. The fourth-order valence-electron chi connectivity index (χ4n) is 8.29. The molecule has 0 spiro atoms. The van der Waals surface area contributed by atoms with Crippen LogP contribution in [-0.4, -0.2) is 85.9 Å². The van der Waals surface area contributed by atoms with E-state index < -0.39 is 35.3 Å². The van der Waals surface area contributed by atoms with Crippen molar-refractivity contribution in [3.8, 4) is 11.3 Å². The van der Waals surface area contributed by atoms with E-state index in [9.17, 15) is 23.2 Å². The fraction of sp³-hybridized carbons (Fsp3) is 0.333. The lowest BCUT2D eigenvalue weighted by molar-refractivity contribution is -0.136. The third kappa shape index (κ3) is 6.11. The maximum Gasteiger partial charge on any atom is 0.258 e. The van der Waals surface area contributed by atoms with E-state index in [1.165, 1.54) is 23.1 Å². The Bertz CT molecular complexity index is 2330. The second-order valence-electron chi connectivity index (χ2n) is 14.3. The molecule has 3 fully saturated rings. The molecule has 3 amide bonds. The van der Waals surface area contributed by atoms with E-state index in [1.54, 1.807) is 10.7 Å². The second kappa shape index (κ2) is 13.5. The minimum atomic E-state index is -0.796. The zero-order chi connectivity index (χ0) is 37.1.